The molecular formula is C29H32N2O4. The van der Waals surface area contributed by atoms with Gasteiger partial charge >= 0.3 is 0 Å². The van der Waals surface area contributed by atoms with Crippen molar-refractivity contribution < 1.29 is 13.9 Å². The van der Waals surface area contributed by atoms with Gasteiger partial charge in [0.1, 0.15) is 12.0 Å². The van der Waals surface area contributed by atoms with Crippen LogP contribution in [0.5, 0.6) is 5.75 Å². The lowest BCUT2D eigenvalue weighted by molar-refractivity contribution is -0.134. The summed E-state index contributed by atoms with van der Waals surface area (Å²) in [5.41, 5.74) is 3.81. The quantitative estimate of drug-likeness (QED) is 0.519. The van der Waals surface area contributed by atoms with Crippen LogP contribution in [0.2, 0.25) is 0 Å². The molecule has 3 aromatic rings. The second-order valence-electron chi connectivity index (χ2n) is 9.61. The molecule has 0 bridgehead atoms. The minimum atomic E-state index is -0.252. The molecule has 1 amide bonds. The summed E-state index contributed by atoms with van der Waals surface area (Å²) in [6.45, 7) is 3.65. The van der Waals surface area contributed by atoms with Crippen molar-refractivity contribution in [2.24, 2.45) is 5.92 Å². The Morgan fingerprint density at radius 2 is 1.71 bits per heavy atom. The van der Waals surface area contributed by atoms with Crippen LogP contribution in [0.3, 0.4) is 0 Å². The summed E-state index contributed by atoms with van der Waals surface area (Å²) in [5.74, 6) is 1.20. The molecule has 1 fully saturated rings. The van der Waals surface area contributed by atoms with Gasteiger partial charge in [-0.3, -0.25) is 14.5 Å². The molecule has 0 unspecified atom stereocenters. The van der Waals surface area contributed by atoms with E-state index in [-0.39, 0.29) is 23.7 Å². The number of piperidine rings is 1. The highest BCUT2D eigenvalue weighted by molar-refractivity contribution is 5.77. The Kier molecular flexibility index (Phi) is 7.28. The standard InChI is InChI=1S/C29H32N2O4/c32-27-17-26(19-30-13-12-24-8-4-5-9-25(24)18-30)34-20-28(27)35-21-29(33)31-14-10-23(11-15-31)16-22-6-2-1-3-7-22/h1-9,17,20,23H,10-16,18-19,21H2. The van der Waals surface area contributed by atoms with Crippen LogP contribution < -0.4 is 10.2 Å². The Labute approximate surface area is 206 Å². The summed E-state index contributed by atoms with van der Waals surface area (Å²) in [5, 5.41) is 0. The largest absolute Gasteiger partial charge is 0.477 e. The third-order valence-electron chi connectivity index (χ3n) is 7.13. The number of rotatable bonds is 7. The summed E-state index contributed by atoms with van der Waals surface area (Å²) in [7, 11) is 0. The van der Waals surface area contributed by atoms with Gasteiger partial charge in [-0.15, -0.1) is 0 Å². The number of benzene rings is 2. The van der Waals surface area contributed by atoms with Crippen molar-refractivity contribution in [2.45, 2.75) is 38.8 Å². The van der Waals surface area contributed by atoms with Crippen LogP contribution in [0.25, 0.3) is 0 Å². The predicted octanol–water partition coefficient (Wildman–Crippen LogP) is 4.06. The second kappa shape index (κ2) is 10.9. The molecule has 0 saturated carbocycles. The fourth-order valence-corrected chi connectivity index (χ4v) is 5.10. The highest BCUT2D eigenvalue weighted by atomic mass is 16.5. The molecule has 5 rings (SSSR count). The first-order valence-electron chi connectivity index (χ1n) is 12.5. The van der Waals surface area contributed by atoms with Gasteiger partial charge < -0.3 is 14.1 Å². The lowest BCUT2D eigenvalue weighted by Crippen LogP contribution is -2.41. The SMILES string of the molecule is O=C(COc1coc(CN2CCc3ccccc3C2)cc1=O)N1CCC(Cc2ccccc2)CC1. The number of hydrogen-bond acceptors (Lipinski definition) is 5. The first kappa shape index (κ1) is 23.4. The molecule has 35 heavy (non-hydrogen) atoms. The third kappa shape index (κ3) is 6.01. The van der Waals surface area contributed by atoms with Crippen molar-refractivity contribution in [1.29, 1.82) is 0 Å². The van der Waals surface area contributed by atoms with E-state index < -0.39 is 0 Å². The molecule has 1 saturated heterocycles. The third-order valence-corrected chi connectivity index (χ3v) is 7.13. The van der Waals surface area contributed by atoms with Crippen LogP contribution >= 0.6 is 0 Å². The molecular weight excluding hydrogens is 440 g/mol. The summed E-state index contributed by atoms with van der Waals surface area (Å²) in [6, 6.07) is 20.4. The van der Waals surface area contributed by atoms with Gasteiger partial charge in [0.25, 0.3) is 5.91 Å². The molecule has 0 aliphatic carbocycles. The maximum atomic E-state index is 12.6. The normalized spacial score (nSPS) is 16.6. The molecule has 2 aliphatic rings. The molecule has 0 N–H and O–H groups in total. The van der Waals surface area contributed by atoms with Gasteiger partial charge in [-0.25, -0.2) is 0 Å². The summed E-state index contributed by atoms with van der Waals surface area (Å²) >= 11 is 0. The molecule has 1 aromatic heterocycles. The molecule has 6 nitrogen and oxygen atoms in total. The topological polar surface area (TPSA) is 63.0 Å². The van der Waals surface area contributed by atoms with Crippen LogP contribution in [0.1, 0.15) is 35.3 Å². The number of likely N-dealkylation sites (tertiary alicyclic amines) is 1. The molecule has 0 radical (unpaired) electrons. The van der Waals surface area contributed by atoms with E-state index in [4.69, 9.17) is 9.15 Å². The van der Waals surface area contributed by atoms with Crippen LogP contribution in [0, 0.1) is 5.92 Å². The number of carbonyl (C=O) groups is 1. The van der Waals surface area contributed by atoms with Gasteiger partial charge in [0.15, 0.2) is 6.61 Å². The smallest absolute Gasteiger partial charge is 0.260 e. The highest BCUT2D eigenvalue weighted by Crippen LogP contribution is 2.22. The minimum absolute atomic E-state index is 0.0846. The number of fused-ring (bicyclic) bond motifs is 1. The van der Waals surface area contributed by atoms with Crippen LogP contribution in [0.4, 0.5) is 0 Å². The molecule has 0 atom stereocenters. The monoisotopic (exact) mass is 472 g/mol. The zero-order valence-corrected chi connectivity index (χ0v) is 20.0. The van der Waals surface area contributed by atoms with E-state index in [1.54, 1.807) is 0 Å². The Morgan fingerprint density at radius 1 is 0.971 bits per heavy atom. The van der Waals surface area contributed by atoms with Crippen LogP contribution in [0.15, 0.2) is 76.1 Å². The molecule has 182 valence electrons. The van der Waals surface area contributed by atoms with Crippen molar-refractivity contribution >= 4 is 5.91 Å². The van der Waals surface area contributed by atoms with E-state index in [0.29, 0.717) is 18.2 Å². The zero-order valence-electron chi connectivity index (χ0n) is 20.0. The van der Waals surface area contributed by atoms with E-state index in [2.05, 4.69) is 53.4 Å². The Bertz CT molecular complexity index is 1200. The molecule has 2 aromatic carbocycles. The van der Waals surface area contributed by atoms with E-state index in [1.165, 1.54) is 29.0 Å². The Balaban J connectivity index is 1.08. The fraction of sp³-hybridized carbons (Fsp3) is 0.379. The zero-order chi connectivity index (χ0) is 24.0. The summed E-state index contributed by atoms with van der Waals surface area (Å²) < 4.78 is 11.2. The average molecular weight is 473 g/mol. The van der Waals surface area contributed by atoms with Gasteiger partial charge in [-0.1, -0.05) is 54.6 Å². The number of amides is 1. The Hall–Kier alpha value is -3.38. The first-order chi connectivity index (χ1) is 17.1. The number of nitrogens with zero attached hydrogens (tertiary/aromatic N) is 2. The lowest BCUT2D eigenvalue weighted by atomic mass is 9.90. The maximum Gasteiger partial charge on any atom is 0.260 e. The van der Waals surface area contributed by atoms with E-state index in [0.717, 1.165) is 51.9 Å². The predicted molar refractivity (Wildman–Crippen MR) is 134 cm³/mol. The maximum absolute atomic E-state index is 12.6. The summed E-state index contributed by atoms with van der Waals surface area (Å²) in [6.07, 6.45) is 5.36. The summed E-state index contributed by atoms with van der Waals surface area (Å²) in [4.78, 5) is 29.3. The van der Waals surface area contributed by atoms with E-state index in [1.807, 2.05) is 11.0 Å². The number of carbonyl (C=O) groups excluding carboxylic acids is 1. The molecule has 2 aliphatic heterocycles. The minimum Gasteiger partial charge on any atom is -0.477 e. The molecule has 0 spiro atoms. The van der Waals surface area contributed by atoms with Crippen molar-refractivity contribution in [1.82, 2.24) is 9.80 Å². The highest BCUT2D eigenvalue weighted by Gasteiger charge is 2.24. The average Bonchev–Trinajstić information content (AvgIpc) is 2.89. The first-order valence-corrected chi connectivity index (χ1v) is 12.5. The van der Waals surface area contributed by atoms with Crippen molar-refractivity contribution in [2.75, 3.05) is 26.2 Å². The fourth-order valence-electron chi connectivity index (χ4n) is 5.10. The molecule has 6 heteroatoms. The number of ether oxygens (including phenoxy) is 1. The van der Waals surface area contributed by atoms with Crippen LogP contribution in [-0.4, -0.2) is 41.9 Å². The van der Waals surface area contributed by atoms with Gasteiger partial charge in [0, 0.05) is 32.2 Å². The van der Waals surface area contributed by atoms with Gasteiger partial charge in [-0.2, -0.15) is 0 Å². The van der Waals surface area contributed by atoms with E-state index >= 15 is 0 Å². The Morgan fingerprint density at radius 3 is 2.49 bits per heavy atom. The van der Waals surface area contributed by atoms with Gasteiger partial charge in [0.05, 0.1) is 6.54 Å². The van der Waals surface area contributed by atoms with Gasteiger partial charge in [0.2, 0.25) is 11.2 Å². The van der Waals surface area contributed by atoms with Crippen LogP contribution in [-0.2, 0) is 30.7 Å². The van der Waals surface area contributed by atoms with Crippen molar-refractivity contribution in [3.8, 4) is 5.75 Å². The van der Waals surface area contributed by atoms with E-state index in [9.17, 15) is 9.59 Å². The second-order valence-corrected chi connectivity index (χ2v) is 9.61. The number of hydrogen-bond donors (Lipinski definition) is 0. The van der Waals surface area contributed by atoms with Crippen molar-refractivity contribution in [3.05, 3.63) is 99.6 Å². The molecule has 3 heterocycles. The van der Waals surface area contributed by atoms with Gasteiger partial charge in [-0.05, 0) is 48.3 Å². The van der Waals surface area contributed by atoms with Crippen molar-refractivity contribution in [3.63, 3.8) is 0 Å². The lowest BCUT2D eigenvalue weighted by Gasteiger charge is -2.32.